The second kappa shape index (κ2) is 9.17. The normalized spacial score (nSPS) is 11.3. The highest BCUT2D eigenvalue weighted by Gasteiger charge is 2.34. The number of rotatable bonds is 5. The van der Waals surface area contributed by atoms with Crippen LogP contribution >= 0.6 is 23.2 Å². The average Bonchev–Trinajstić information content (AvgIpc) is 3.05. The highest BCUT2D eigenvalue weighted by atomic mass is 35.5. The van der Waals surface area contributed by atoms with E-state index in [1.165, 1.54) is 16.8 Å². The number of nitrogens with zero attached hydrogens (tertiary/aromatic N) is 3. The Kier molecular flexibility index (Phi) is 6.75. The number of alkyl halides is 3. The van der Waals surface area contributed by atoms with Gasteiger partial charge in [-0.2, -0.15) is 18.3 Å². The number of benzene rings is 1. The third-order valence-corrected chi connectivity index (χ3v) is 4.69. The first kappa shape index (κ1) is 23.6. The van der Waals surface area contributed by atoms with Gasteiger partial charge < -0.3 is 10.1 Å². The number of esters is 1. The van der Waals surface area contributed by atoms with Crippen LogP contribution in [0.1, 0.15) is 27.4 Å². The van der Waals surface area contributed by atoms with Crippen molar-refractivity contribution in [2.24, 2.45) is 0 Å². The molecule has 0 spiro atoms. The van der Waals surface area contributed by atoms with E-state index in [1.54, 1.807) is 19.9 Å². The van der Waals surface area contributed by atoms with Gasteiger partial charge in [0.1, 0.15) is 0 Å². The zero-order valence-corrected chi connectivity index (χ0v) is 18.1. The molecule has 7 nitrogen and oxygen atoms in total. The maximum atomic E-state index is 13.1. The highest BCUT2D eigenvalue weighted by molar-refractivity contribution is 6.33. The first-order valence-corrected chi connectivity index (χ1v) is 9.75. The number of pyridine rings is 1. The molecule has 2 aromatic heterocycles. The van der Waals surface area contributed by atoms with Gasteiger partial charge >= 0.3 is 12.1 Å². The molecule has 12 heteroatoms. The number of ether oxygens (including phenoxy) is 1. The van der Waals surface area contributed by atoms with E-state index in [4.69, 9.17) is 27.9 Å². The molecule has 0 aliphatic heterocycles. The molecule has 0 atom stereocenters. The maximum absolute atomic E-state index is 13.1. The fraction of sp³-hybridized carbons (Fsp3) is 0.200. The Labute approximate surface area is 190 Å². The van der Waals surface area contributed by atoms with Crippen LogP contribution < -0.4 is 5.32 Å². The number of carbonyl (C=O) groups is 2. The quantitative estimate of drug-likeness (QED) is 0.512. The molecular weight excluding hydrogens is 472 g/mol. The molecule has 32 heavy (non-hydrogen) atoms. The minimum atomic E-state index is -4.74. The number of amides is 1. The molecule has 0 aliphatic rings. The van der Waals surface area contributed by atoms with Gasteiger partial charge in [-0.25, -0.2) is 14.5 Å². The Bertz CT molecular complexity index is 1200. The summed E-state index contributed by atoms with van der Waals surface area (Å²) in [4.78, 5) is 28.6. The molecule has 0 saturated carbocycles. The van der Waals surface area contributed by atoms with Gasteiger partial charge in [0.15, 0.2) is 18.1 Å². The van der Waals surface area contributed by atoms with Gasteiger partial charge in [0, 0.05) is 10.7 Å². The van der Waals surface area contributed by atoms with Crippen molar-refractivity contribution in [3.63, 3.8) is 0 Å². The second-order valence-electron chi connectivity index (χ2n) is 6.65. The van der Waals surface area contributed by atoms with E-state index in [0.717, 1.165) is 17.5 Å². The lowest BCUT2D eigenvalue weighted by molar-refractivity contribution is -0.137. The van der Waals surface area contributed by atoms with E-state index in [1.807, 2.05) is 6.07 Å². The molecule has 0 saturated heterocycles. The molecule has 0 radical (unpaired) electrons. The van der Waals surface area contributed by atoms with Crippen molar-refractivity contribution in [1.29, 1.82) is 0 Å². The first-order valence-electron chi connectivity index (χ1n) is 8.99. The number of anilines is 1. The van der Waals surface area contributed by atoms with E-state index in [-0.39, 0.29) is 15.7 Å². The minimum Gasteiger partial charge on any atom is -0.451 e. The van der Waals surface area contributed by atoms with Gasteiger partial charge in [0.25, 0.3) is 5.91 Å². The number of carbonyl (C=O) groups excluding carboxylic acids is 2. The average molecular weight is 487 g/mol. The van der Waals surface area contributed by atoms with Crippen molar-refractivity contribution in [3.8, 4) is 5.82 Å². The minimum absolute atomic E-state index is 0.0299. The lowest BCUT2D eigenvalue weighted by atomic mass is 10.1. The zero-order chi connectivity index (χ0) is 23.6. The predicted octanol–water partition coefficient (Wildman–Crippen LogP) is 5.01. The molecule has 0 unspecified atom stereocenters. The molecule has 0 aliphatic carbocycles. The van der Waals surface area contributed by atoms with Gasteiger partial charge in [-0.1, -0.05) is 23.2 Å². The van der Waals surface area contributed by atoms with Gasteiger partial charge in [0.05, 0.1) is 22.0 Å². The van der Waals surface area contributed by atoms with Crippen LogP contribution in [0.4, 0.5) is 18.9 Å². The molecule has 1 aromatic carbocycles. The largest absolute Gasteiger partial charge is 0.451 e. The van der Waals surface area contributed by atoms with Crippen LogP contribution in [0.25, 0.3) is 5.82 Å². The monoisotopic (exact) mass is 486 g/mol. The highest BCUT2D eigenvalue weighted by Crippen LogP contribution is 2.36. The summed E-state index contributed by atoms with van der Waals surface area (Å²) in [5.74, 6) is -1.72. The summed E-state index contributed by atoms with van der Waals surface area (Å²) >= 11 is 11.6. The zero-order valence-electron chi connectivity index (χ0n) is 16.6. The lowest BCUT2D eigenvalue weighted by Crippen LogP contribution is -2.23. The predicted molar refractivity (Wildman–Crippen MR) is 111 cm³/mol. The molecule has 1 amide bonds. The maximum Gasteiger partial charge on any atom is 0.418 e. The molecular formula is C20H15Cl2F3N4O3. The Hall–Kier alpha value is -3.11. The van der Waals surface area contributed by atoms with E-state index in [2.05, 4.69) is 15.4 Å². The fourth-order valence-electron chi connectivity index (χ4n) is 2.80. The second-order valence-corrected chi connectivity index (χ2v) is 7.49. The number of aryl methyl sites for hydroxylation is 2. The summed E-state index contributed by atoms with van der Waals surface area (Å²) in [5, 5.41) is 6.13. The van der Waals surface area contributed by atoms with Crippen LogP contribution in [0.3, 0.4) is 0 Å². The van der Waals surface area contributed by atoms with Crippen molar-refractivity contribution in [1.82, 2.24) is 14.8 Å². The molecule has 0 bridgehead atoms. The van der Waals surface area contributed by atoms with Crippen LogP contribution in [0, 0.1) is 13.8 Å². The standard InChI is InChI=1S/C20H15Cl2F3N4O3/c1-10-7-11(2)29(28-10)16-6-4-14(22)18(27-16)19(31)32-9-17(30)26-15-5-3-12(21)8-13(15)20(23,24)25/h3-8H,9H2,1-2H3,(H,26,30). The van der Waals surface area contributed by atoms with Crippen molar-refractivity contribution in [2.45, 2.75) is 20.0 Å². The summed E-state index contributed by atoms with van der Waals surface area (Å²) in [7, 11) is 0. The summed E-state index contributed by atoms with van der Waals surface area (Å²) in [5.41, 5.74) is -0.426. The van der Waals surface area contributed by atoms with Gasteiger partial charge in [-0.15, -0.1) is 0 Å². The van der Waals surface area contributed by atoms with Gasteiger partial charge in [0.2, 0.25) is 0 Å². The molecule has 0 fully saturated rings. The smallest absolute Gasteiger partial charge is 0.418 e. The third kappa shape index (κ3) is 5.38. The first-order chi connectivity index (χ1) is 15.0. The molecule has 168 valence electrons. The van der Waals surface area contributed by atoms with E-state index < -0.39 is 35.9 Å². The van der Waals surface area contributed by atoms with Crippen molar-refractivity contribution in [2.75, 3.05) is 11.9 Å². The lowest BCUT2D eigenvalue weighted by Gasteiger charge is -2.14. The van der Waals surface area contributed by atoms with E-state index in [9.17, 15) is 22.8 Å². The van der Waals surface area contributed by atoms with Crippen molar-refractivity contribution in [3.05, 3.63) is 69.1 Å². The fourth-order valence-corrected chi connectivity index (χ4v) is 3.15. The van der Waals surface area contributed by atoms with E-state index in [0.29, 0.717) is 11.9 Å². The van der Waals surface area contributed by atoms with Gasteiger partial charge in [-0.05, 0) is 50.2 Å². The number of halogens is 5. The summed E-state index contributed by atoms with van der Waals surface area (Å²) in [6.45, 7) is 2.73. The number of aromatic nitrogens is 3. The van der Waals surface area contributed by atoms with Crippen LogP contribution in [-0.4, -0.2) is 33.2 Å². The Balaban J connectivity index is 1.72. The number of nitrogens with one attached hydrogen (secondary N) is 1. The van der Waals surface area contributed by atoms with Crippen LogP contribution in [0.15, 0.2) is 36.4 Å². The molecule has 2 heterocycles. The van der Waals surface area contributed by atoms with E-state index >= 15 is 0 Å². The summed E-state index contributed by atoms with van der Waals surface area (Å²) in [6.07, 6.45) is -4.74. The van der Waals surface area contributed by atoms with Crippen molar-refractivity contribution >= 4 is 40.8 Å². The third-order valence-electron chi connectivity index (χ3n) is 4.15. The topological polar surface area (TPSA) is 86.1 Å². The molecule has 1 N–H and O–H groups in total. The van der Waals surface area contributed by atoms with Gasteiger partial charge in [-0.3, -0.25) is 4.79 Å². The van der Waals surface area contributed by atoms with Crippen LogP contribution in [0.2, 0.25) is 10.0 Å². The number of hydrogen-bond acceptors (Lipinski definition) is 5. The van der Waals surface area contributed by atoms with Crippen LogP contribution in [0.5, 0.6) is 0 Å². The Morgan fingerprint density at radius 2 is 1.84 bits per heavy atom. The summed E-state index contributed by atoms with van der Waals surface area (Å²) in [6, 6.07) is 7.64. The SMILES string of the molecule is Cc1cc(C)n(-c2ccc(Cl)c(C(=O)OCC(=O)Nc3ccc(Cl)cc3C(F)(F)F)n2)n1. The Morgan fingerprint density at radius 1 is 1.12 bits per heavy atom. The van der Waals surface area contributed by atoms with Crippen molar-refractivity contribution < 1.29 is 27.5 Å². The molecule has 3 rings (SSSR count). The number of hydrogen-bond donors (Lipinski definition) is 1. The molecule has 3 aromatic rings. The Morgan fingerprint density at radius 3 is 2.47 bits per heavy atom. The van der Waals surface area contributed by atoms with Crippen LogP contribution in [-0.2, 0) is 15.7 Å². The summed E-state index contributed by atoms with van der Waals surface area (Å²) < 4.78 is 45.8.